The van der Waals surface area contributed by atoms with Gasteiger partial charge in [-0.15, -0.1) is 22.7 Å². The van der Waals surface area contributed by atoms with E-state index in [0.29, 0.717) is 31.4 Å². The van der Waals surface area contributed by atoms with Gasteiger partial charge in [0.1, 0.15) is 15.5 Å². The zero-order valence-corrected chi connectivity index (χ0v) is 14.0. The number of carbonyl (C=O) groups is 2. The van der Waals surface area contributed by atoms with Gasteiger partial charge in [-0.3, -0.25) is 9.59 Å². The van der Waals surface area contributed by atoms with Gasteiger partial charge in [-0.2, -0.15) is 0 Å². The smallest absolute Gasteiger partial charge is 0.348 e. The lowest BCUT2D eigenvalue weighted by Gasteiger charge is -1.99. The summed E-state index contributed by atoms with van der Waals surface area (Å²) in [5, 5.41) is 2.18. The molecule has 0 unspecified atom stereocenters. The van der Waals surface area contributed by atoms with Gasteiger partial charge in [0.25, 0.3) is 5.56 Å². The van der Waals surface area contributed by atoms with E-state index in [-0.39, 0.29) is 17.8 Å². The van der Waals surface area contributed by atoms with E-state index in [0.717, 1.165) is 11.3 Å². The summed E-state index contributed by atoms with van der Waals surface area (Å²) in [7, 11) is 1.29. The number of thiophene rings is 2. The molecule has 0 radical (unpaired) electrons. The summed E-state index contributed by atoms with van der Waals surface area (Å²) < 4.78 is 4.71. The molecular weight excluding hydrogens is 336 g/mol. The number of fused-ring (bicyclic) bond motifs is 1. The second kappa shape index (κ2) is 6.05. The van der Waals surface area contributed by atoms with E-state index in [2.05, 4.69) is 9.97 Å². The molecule has 1 N–H and O–H groups in total. The lowest BCUT2D eigenvalue weighted by atomic mass is 10.2. The van der Waals surface area contributed by atoms with Crippen molar-refractivity contribution in [3.8, 4) is 0 Å². The van der Waals surface area contributed by atoms with Crippen LogP contribution in [0, 0.1) is 6.92 Å². The van der Waals surface area contributed by atoms with E-state index >= 15 is 0 Å². The minimum atomic E-state index is -0.499. The van der Waals surface area contributed by atoms with Gasteiger partial charge in [0.15, 0.2) is 5.78 Å². The van der Waals surface area contributed by atoms with Crippen LogP contribution in [0.15, 0.2) is 22.3 Å². The molecule has 3 aromatic heterocycles. The Hall–Kier alpha value is -2.32. The van der Waals surface area contributed by atoms with Gasteiger partial charge in [0, 0.05) is 0 Å². The zero-order valence-electron chi connectivity index (χ0n) is 12.3. The van der Waals surface area contributed by atoms with Crippen LogP contribution in [0.1, 0.15) is 30.7 Å². The molecule has 0 bridgehead atoms. The molecule has 6 nitrogen and oxygen atoms in total. The number of aryl methyl sites for hydroxylation is 1. The Morgan fingerprint density at radius 1 is 1.39 bits per heavy atom. The molecule has 3 rings (SSSR count). The standard InChI is InChI=1S/C15H12N2O4S2/c1-7-11-13(19)16-10(6-8(18)9-4-3-5-22-9)17-14(11)23-12(7)15(20)21-2/h3-5H,6H2,1-2H3,(H,16,17,19). The van der Waals surface area contributed by atoms with Crippen LogP contribution in [0.5, 0.6) is 0 Å². The molecule has 3 heterocycles. The molecule has 0 saturated heterocycles. The molecule has 8 heteroatoms. The van der Waals surface area contributed by atoms with Crippen LogP contribution >= 0.6 is 22.7 Å². The number of esters is 1. The van der Waals surface area contributed by atoms with Gasteiger partial charge in [0.05, 0.1) is 23.8 Å². The lowest BCUT2D eigenvalue weighted by molar-refractivity contribution is 0.0605. The molecule has 0 atom stereocenters. The van der Waals surface area contributed by atoms with Crippen molar-refractivity contribution < 1.29 is 14.3 Å². The molecule has 3 aromatic rings. The van der Waals surface area contributed by atoms with Gasteiger partial charge < -0.3 is 9.72 Å². The summed E-state index contributed by atoms with van der Waals surface area (Å²) in [5.41, 5.74) is 0.189. The third-order valence-corrected chi connectivity index (χ3v) is 5.42. The van der Waals surface area contributed by atoms with Crippen LogP contribution in [0.2, 0.25) is 0 Å². The Bertz CT molecular complexity index is 954. The number of H-pyrrole nitrogens is 1. The summed E-state index contributed by atoms with van der Waals surface area (Å²) in [5.74, 6) is -0.316. The highest BCUT2D eigenvalue weighted by Crippen LogP contribution is 2.27. The molecule has 0 aliphatic rings. The molecule has 0 aliphatic heterocycles. The Labute approximate surface area is 138 Å². The maximum Gasteiger partial charge on any atom is 0.348 e. The van der Waals surface area contributed by atoms with Crippen molar-refractivity contribution in [2.75, 3.05) is 7.11 Å². The second-order valence-electron chi connectivity index (χ2n) is 4.82. The molecule has 0 fully saturated rings. The molecule has 23 heavy (non-hydrogen) atoms. The Kier molecular flexibility index (Phi) is 4.10. The van der Waals surface area contributed by atoms with Gasteiger partial charge in [-0.1, -0.05) is 6.07 Å². The minimum absolute atomic E-state index is 0.0101. The zero-order chi connectivity index (χ0) is 16.6. The van der Waals surface area contributed by atoms with E-state index in [1.165, 1.54) is 18.4 Å². The SMILES string of the molecule is COC(=O)c1sc2nc(CC(=O)c3cccs3)[nH]c(=O)c2c1C. The van der Waals surface area contributed by atoms with Crippen molar-refractivity contribution in [3.63, 3.8) is 0 Å². The normalized spacial score (nSPS) is 10.9. The first-order valence-electron chi connectivity index (χ1n) is 6.68. The Morgan fingerprint density at radius 2 is 2.17 bits per heavy atom. The number of nitrogens with one attached hydrogen (secondary N) is 1. The topological polar surface area (TPSA) is 89.1 Å². The molecule has 0 spiro atoms. The fourth-order valence-electron chi connectivity index (χ4n) is 2.24. The van der Waals surface area contributed by atoms with E-state index < -0.39 is 5.97 Å². The fraction of sp³-hybridized carbons (Fsp3) is 0.200. The number of aromatic amines is 1. The number of rotatable bonds is 4. The van der Waals surface area contributed by atoms with Gasteiger partial charge in [-0.25, -0.2) is 9.78 Å². The maximum absolute atomic E-state index is 12.3. The number of aromatic nitrogens is 2. The number of hydrogen-bond acceptors (Lipinski definition) is 7. The summed E-state index contributed by atoms with van der Waals surface area (Å²) in [6, 6.07) is 3.52. The molecular formula is C15H12N2O4S2. The summed E-state index contributed by atoms with van der Waals surface area (Å²) in [6.07, 6.45) is 0.0101. The monoisotopic (exact) mass is 348 g/mol. The number of ketones is 1. The van der Waals surface area contributed by atoms with Gasteiger partial charge >= 0.3 is 5.97 Å². The number of methoxy groups -OCH3 is 1. The van der Waals surface area contributed by atoms with E-state index in [9.17, 15) is 14.4 Å². The van der Waals surface area contributed by atoms with E-state index in [1.807, 2.05) is 5.38 Å². The van der Waals surface area contributed by atoms with E-state index in [4.69, 9.17) is 4.74 Å². The maximum atomic E-state index is 12.3. The summed E-state index contributed by atoms with van der Waals surface area (Å²) >= 11 is 2.44. The van der Waals surface area contributed by atoms with Crippen LogP contribution in [0.3, 0.4) is 0 Å². The van der Waals surface area contributed by atoms with Crippen LogP contribution in [-0.4, -0.2) is 28.8 Å². The molecule has 0 saturated carbocycles. The summed E-state index contributed by atoms with van der Waals surface area (Å²) in [6.45, 7) is 1.68. The first kappa shape index (κ1) is 15.6. The third kappa shape index (κ3) is 2.82. The number of ether oxygens (including phenoxy) is 1. The van der Waals surface area contributed by atoms with Crippen molar-refractivity contribution in [2.45, 2.75) is 13.3 Å². The molecule has 0 aliphatic carbocycles. The molecule has 0 amide bonds. The third-order valence-electron chi connectivity index (χ3n) is 3.34. The predicted molar refractivity (Wildman–Crippen MR) is 88.7 cm³/mol. The average molecular weight is 348 g/mol. The minimum Gasteiger partial charge on any atom is -0.465 e. The first-order chi connectivity index (χ1) is 11.0. The highest BCUT2D eigenvalue weighted by molar-refractivity contribution is 7.20. The van der Waals surface area contributed by atoms with Crippen molar-refractivity contribution >= 4 is 44.6 Å². The molecule has 118 valence electrons. The highest BCUT2D eigenvalue weighted by Gasteiger charge is 2.20. The highest BCUT2D eigenvalue weighted by atomic mass is 32.1. The number of nitrogens with zero attached hydrogens (tertiary/aromatic N) is 1. The number of hydrogen-bond donors (Lipinski definition) is 1. The number of Topliss-reactive ketones (excluding diaryl/α,β-unsaturated/α-hetero) is 1. The first-order valence-corrected chi connectivity index (χ1v) is 8.38. The molecule has 0 aromatic carbocycles. The Balaban J connectivity index is 2.03. The summed E-state index contributed by atoms with van der Waals surface area (Å²) in [4.78, 5) is 44.5. The largest absolute Gasteiger partial charge is 0.465 e. The second-order valence-corrected chi connectivity index (χ2v) is 6.76. The Morgan fingerprint density at radius 3 is 2.83 bits per heavy atom. The predicted octanol–water partition coefficient (Wildman–Crippen LogP) is 2.57. The number of carbonyl (C=O) groups excluding carboxylic acids is 2. The van der Waals surface area contributed by atoms with Crippen molar-refractivity contribution in [1.29, 1.82) is 0 Å². The van der Waals surface area contributed by atoms with Crippen molar-refractivity contribution in [2.24, 2.45) is 0 Å². The lowest BCUT2D eigenvalue weighted by Crippen LogP contribution is -2.14. The average Bonchev–Trinajstić information content (AvgIpc) is 3.15. The fourth-order valence-corrected chi connectivity index (χ4v) is 4.02. The van der Waals surface area contributed by atoms with Crippen LogP contribution in [0.25, 0.3) is 10.2 Å². The van der Waals surface area contributed by atoms with Crippen LogP contribution in [0.4, 0.5) is 0 Å². The van der Waals surface area contributed by atoms with E-state index in [1.54, 1.807) is 19.1 Å². The van der Waals surface area contributed by atoms with Crippen LogP contribution < -0.4 is 5.56 Å². The van der Waals surface area contributed by atoms with Crippen molar-refractivity contribution in [1.82, 2.24) is 9.97 Å². The van der Waals surface area contributed by atoms with Crippen LogP contribution in [-0.2, 0) is 11.2 Å². The quantitative estimate of drug-likeness (QED) is 0.578. The van der Waals surface area contributed by atoms with Crippen molar-refractivity contribution in [3.05, 3.63) is 49.0 Å². The van der Waals surface area contributed by atoms with Gasteiger partial charge in [0.2, 0.25) is 0 Å². The van der Waals surface area contributed by atoms with Gasteiger partial charge in [-0.05, 0) is 23.9 Å².